The van der Waals surface area contributed by atoms with Gasteiger partial charge in [0.2, 0.25) is 0 Å². The minimum absolute atomic E-state index is 0.0916. The van der Waals surface area contributed by atoms with Crippen molar-refractivity contribution in [3.8, 4) is 11.1 Å². The number of halogens is 1. The van der Waals surface area contributed by atoms with Crippen molar-refractivity contribution in [1.29, 1.82) is 0 Å². The number of esters is 1. The van der Waals surface area contributed by atoms with Crippen LogP contribution in [0.4, 0.5) is 4.39 Å². The first-order valence-corrected chi connectivity index (χ1v) is 6.43. The van der Waals surface area contributed by atoms with E-state index in [-0.39, 0.29) is 11.2 Å². The van der Waals surface area contributed by atoms with E-state index in [4.69, 9.17) is 4.74 Å². The molecular formula is C17H12FNO2. The molecule has 0 aliphatic heterocycles. The number of pyridine rings is 1. The molecule has 3 aromatic rings. The van der Waals surface area contributed by atoms with Crippen molar-refractivity contribution in [2.45, 2.75) is 0 Å². The van der Waals surface area contributed by atoms with Gasteiger partial charge in [-0.25, -0.2) is 14.2 Å². The largest absolute Gasteiger partial charge is 0.464 e. The fourth-order valence-corrected chi connectivity index (χ4v) is 2.28. The van der Waals surface area contributed by atoms with Gasteiger partial charge in [-0.3, -0.25) is 0 Å². The first kappa shape index (κ1) is 13.2. The van der Waals surface area contributed by atoms with E-state index in [1.54, 1.807) is 18.2 Å². The Kier molecular flexibility index (Phi) is 3.36. The van der Waals surface area contributed by atoms with Crippen LogP contribution in [0.15, 0.2) is 54.6 Å². The van der Waals surface area contributed by atoms with E-state index in [1.165, 1.54) is 13.2 Å². The van der Waals surface area contributed by atoms with Gasteiger partial charge in [0, 0.05) is 5.39 Å². The molecule has 0 fully saturated rings. The van der Waals surface area contributed by atoms with E-state index in [9.17, 15) is 9.18 Å². The van der Waals surface area contributed by atoms with Crippen molar-refractivity contribution in [3.05, 3.63) is 66.1 Å². The highest BCUT2D eigenvalue weighted by molar-refractivity contribution is 5.99. The van der Waals surface area contributed by atoms with Gasteiger partial charge in [0.05, 0.1) is 7.11 Å². The summed E-state index contributed by atoms with van der Waals surface area (Å²) in [6.07, 6.45) is 0. The van der Waals surface area contributed by atoms with Gasteiger partial charge in [0.1, 0.15) is 17.0 Å². The van der Waals surface area contributed by atoms with Gasteiger partial charge in [0.15, 0.2) is 0 Å². The molecule has 0 aliphatic rings. The first-order valence-electron chi connectivity index (χ1n) is 6.43. The molecule has 0 bridgehead atoms. The van der Waals surface area contributed by atoms with Gasteiger partial charge in [0.25, 0.3) is 0 Å². The van der Waals surface area contributed by atoms with Gasteiger partial charge < -0.3 is 4.74 Å². The zero-order valence-corrected chi connectivity index (χ0v) is 11.3. The number of hydrogen-bond acceptors (Lipinski definition) is 3. The smallest absolute Gasteiger partial charge is 0.356 e. The van der Waals surface area contributed by atoms with Crippen molar-refractivity contribution >= 4 is 16.9 Å². The maximum absolute atomic E-state index is 14.0. The summed E-state index contributed by atoms with van der Waals surface area (Å²) in [6, 6.07) is 15.8. The molecule has 21 heavy (non-hydrogen) atoms. The number of para-hydroxylation sites is 1. The lowest BCUT2D eigenvalue weighted by Crippen LogP contribution is -2.05. The third-order valence-corrected chi connectivity index (χ3v) is 3.27. The summed E-state index contributed by atoms with van der Waals surface area (Å²) >= 11 is 0. The molecule has 3 rings (SSSR count). The van der Waals surface area contributed by atoms with Crippen molar-refractivity contribution < 1.29 is 13.9 Å². The number of methoxy groups -OCH3 is 1. The van der Waals surface area contributed by atoms with Crippen molar-refractivity contribution in [1.82, 2.24) is 4.98 Å². The van der Waals surface area contributed by atoms with Crippen LogP contribution in [0.2, 0.25) is 0 Å². The Morgan fingerprint density at radius 3 is 2.57 bits per heavy atom. The number of hydrogen-bond donors (Lipinski definition) is 0. The standard InChI is InChI=1S/C17H12FNO2/c1-21-17(20)15-10-13(11-6-3-2-4-7-11)12-8-5-9-14(18)16(12)19-15/h2-10H,1H3. The minimum atomic E-state index is -0.586. The lowest BCUT2D eigenvalue weighted by atomic mass is 10.00. The molecule has 0 unspecified atom stereocenters. The Labute approximate surface area is 121 Å². The van der Waals surface area contributed by atoms with Gasteiger partial charge in [-0.2, -0.15) is 0 Å². The van der Waals surface area contributed by atoms with E-state index >= 15 is 0 Å². The Morgan fingerprint density at radius 2 is 1.86 bits per heavy atom. The zero-order chi connectivity index (χ0) is 14.8. The molecule has 4 heteroatoms. The van der Waals surface area contributed by atoms with Crippen LogP contribution in [-0.4, -0.2) is 18.1 Å². The third kappa shape index (κ3) is 2.36. The lowest BCUT2D eigenvalue weighted by molar-refractivity contribution is 0.0594. The number of rotatable bonds is 2. The number of nitrogens with zero attached hydrogens (tertiary/aromatic N) is 1. The molecule has 0 atom stereocenters. The summed E-state index contributed by atoms with van der Waals surface area (Å²) in [5.74, 6) is -1.05. The quantitative estimate of drug-likeness (QED) is 0.670. The minimum Gasteiger partial charge on any atom is -0.464 e. The van der Waals surface area contributed by atoms with Crippen LogP contribution >= 0.6 is 0 Å². The van der Waals surface area contributed by atoms with Gasteiger partial charge in [-0.15, -0.1) is 0 Å². The lowest BCUT2D eigenvalue weighted by Gasteiger charge is -2.09. The fraction of sp³-hybridized carbons (Fsp3) is 0.0588. The van der Waals surface area contributed by atoms with Crippen molar-refractivity contribution in [3.63, 3.8) is 0 Å². The molecule has 2 aromatic carbocycles. The highest BCUT2D eigenvalue weighted by Gasteiger charge is 2.15. The maximum Gasteiger partial charge on any atom is 0.356 e. The fourth-order valence-electron chi connectivity index (χ4n) is 2.28. The Bertz CT molecular complexity index is 816. The van der Waals surface area contributed by atoms with Crippen molar-refractivity contribution in [2.75, 3.05) is 7.11 Å². The summed E-state index contributed by atoms with van der Waals surface area (Å²) in [5.41, 5.74) is 1.90. The Hall–Kier alpha value is -2.75. The maximum atomic E-state index is 14.0. The number of ether oxygens (including phenoxy) is 1. The van der Waals surface area contributed by atoms with Crippen LogP contribution in [0, 0.1) is 5.82 Å². The van der Waals surface area contributed by atoms with Crippen LogP contribution in [0.3, 0.4) is 0 Å². The number of benzene rings is 2. The summed E-state index contributed by atoms with van der Waals surface area (Å²) < 4.78 is 18.7. The highest BCUT2D eigenvalue weighted by Crippen LogP contribution is 2.29. The summed E-state index contributed by atoms with van der Waals surface area (Å²) in [4.78, 5) is 15.8. The molecule has 0 amide bonds. The molecule has 1 heterocycles. The molecule has 0 spiro atoms. The van der Waals surface area contributed by atoms with E-state index in [1.807, 2.05) is 30.3 Å². The number of aromatic nitrogens is 1. The second-order valence-corrected chi connectivity index (χ2v) is 4.55. The van der Waals surface area contributed by atoms with E-state index < -0.39 is 11.8 Å². The average molecular weight is 281 g/mol. The number of fused-ring (bicyclic) bond motifs is 1. The SMILES string of the molecule is COC(=O)c1cc(-c2ccccc2)c2cccc(F)c2n1. The average Bonchev–Trinajstić information content (AvgIpc) is 2.54. The number of carbonyl (C=O) groups is 1. The van der Waals surface area contributed by atoms with E-state index in [2.05, 4.69) is 4.98 Å². The second kappa shape index (κ2) is 5.32. The van der Waals surface area contributed by atoms with Crippen LogP contribution in [0.25, 0.3) is 22.0 Å². The molecule has 3 nitrogen and oxygen atoms in total. The normalized spacial score (nSPS) is 10.6. The molecule has 104 valence electrons. The first-order chi connectivity index (χ1) is 10.2. The third-order valence-electron chi connectivity index (χ3n) is 3.27. The predicted octanol–water partition coefficient (Wildman–Crippen LogP) is 3.83. The van der Waals surface area contributed by atoms with Crippen LogP contribution in [-0.2, 0) is 4.74 Å². The predicted molar refractivity (Wildman–Crippen MR) is 78.5 cm³/mol. The monoisotopic (exact) mass is 281 g/mol. The van der Waals surface area contributed by atoms with Gasteiger partial charge in [-0.05, 0) is 23.3 Å². The Morgan fingerprint density at radius 1 is 1.10 bits per heavy atom. The molecule has 0 N–H and O–H groups in total. The molecule has 0 saturated carbocycles. The van der Waals surface area contributed by atoms with E-state index in [0.29, 0.717) is 5.39 Å². The molecule has 0 radical (unpaired) electrons. The van der Waals surface area contributed by atoms with Gasteiger partial charge >= 0.3 is 5.97 Å². The molecule has 0 aliphatic carbocycles. The summed E-state index contributed by atoms with van der Waals surface area (Å²) in [5, 5.41) is 0.661. The van der Waals surface area contributed by atoms with Crippen LogP contribution in [0.5, 0.6) is 0 Å². The second-order valence-electron chi connectivity index (χ2n) is 4.55. The summed E-state index contributed by atoms with van der Waals surface area (Å²) in [7, 11) is 1.28. The summed E-state index contributed by atoms with van der Waals surface area (Å²) in [6.45, 7) is 0. The topological polar surface area (TPSA) is 39.2 Å². The highest BCUT2D eigenvalue weighted by atomic mass is 19.1. The molecular weight excluding hydrogens is 269 g/mol. The molecule has 0 saturated heterocycles. The Balaban J connectivity index is 2.36. The number of carbonyl (C=O) groups excluding carboxylic acids is 1. The molecule has 1 aromatic heterocycles. The van der Waals surface area contributed by atoms with Crippen LogP contribution in [0.1, 0.15) is 10.5 Å². The van der Waals surface area contributed by atoms with E-state index in [0.717, 1.165) is 11.1 Å². The van der Waals surface area contributed by atoms with Crippen LogP contribution < -0.4 is 0 Å². The zero-order valence-electron chi connectivity index (χ0n) is 11.3. The van der Waals surface area contributed by atoms with Crippen molar-refractivity contribution in [2.24, 2.45) is 0 Å². The van der Waals surface area contributed by atoms with Gasteiger partial charge in [-0.1, -0.05) is 42.5 Å².